The molecule has 0 amide bonds. The number of nitrogens with one attached hydrogen (secondary N) is 1. The molecule has 0 aliphatic heterocycles. The van der Waals surface area contributed by atoms with Gasteiger partial charge in [0.05, 0.1) is 17.1 Å². The summed E-state index contributed by atoms with van der Waals surface area (Å²) in [6.07, 6.45) is 1.62. The number of aromatic hydroxyl groups is 1. The van der Waals surface area contributed by atoms with E-state index in [1.165, 1.54) is 24.3 Å². The molecule has 100 valence electrons. The van der Waals surface area contributed by atoms with E-state index in [2.05, 4.69) is 9.71 Å². The lowest BCUT2D eigenvalue weighted by Crippen LogP contribution is -2.24. The molecule has 2 aromatic rings. The molecule has 0 aliphatic carbocycles. The van der Waals surface area contributed by atoms with Gasteiger partial charge in [0, 0.05) is 6.20 Å². The topological polar surface area (TPSA) is 79.3 Å². The van der Waals surface area contributed by atoms with Crippen LogP contribution in [0.15, 0.2) is 47.5 Å². The molecule has 0 bridgehead atoms. The first-order chi connectivity index (χ1) is 8.99. The van der Waals surface area contributed by atoms with E-state index in [1.54, 1.807) is 12.3 Å². The minimum absolute atomic E-state index is 0.0288. The van der Waals surface area contributed by atoms with Crippen molar-refractivity contribution < 1.29 is 13.5 Å². The van der Waals surface area contributed by atoms with Crippen LogP contribution < -0.4 is 4.72 Å². The van der Waals surface area contributed by atoms with Crippen LogP contribution in [0.3, 0.4) is 0 Å². The highest BCUT2D eigenvalue weighted by molar-refractivity contribution is 7.89. The SMILES string of the molecule is Cc1cccnc1CNS(=O)(=O)c1cccc(O)c1. The molecule has 0 saturated carbocycles. The minimum Gasteiger partial charge on any atom is -0.508 e. The van der Waals surface area contributed by atoms with Gasteiger partial charge in [-0.1, -0.05) is 12.1 Å². The van der Waals surface area contributed by atoms with Crippen molar-refractivity contribution in [2.75, 3.05) is 0 Å². The number of aryl methyl sites for hydroxylation is 1. The Bertz CT molecular complexity index is 684. The van der Waals surface area contributed by atoms with Crippen LogP contribution in [0.1, 0.15) is 11.3 Å². The summed E-state index contributed by atoms with van der Waals surface area (Å²) in [7, 11) is -3.65. The minimum atomic E-state index is -3.65. The van der Waals surface area contributed by atoms with Crippen molar-refractivity contribution in [1.29, 1.82) is 0 Å². The van der Waals surface area contributed by atoms with Crippen LogP contribution in [0.5, 0.6) is 5.75 Å². The summed E-state index contributed by atoms with van der Waals surface area (Å²) in [6, 6.07) is 9.19. The van der Waals surface area contributed by atoms with Crippen LogP contribution in [0.4, 0.5) is 0 Å². The molecule has 19 heavy (non-hydrogen) atoms. The number of aromatic nitrogens is 1. The van der Waals surface area contributed by atoms with Gasteiger partial charge in [-0.05, 0) is 36.8 Å². The highest BCUT2D eigenvalue weighted by Crippen LogP contribution is 2.16. The van der Waals surface area contributed by atoms with Gasteiger partial charge in [-0.2, -0.15) is 0 Å². The number of rotatable bonds is 4. The Morgan fingerprint density at radius 2 is 2.05 bits per heavy atom. The number of benzene rings is 1. The quantitative estimate of drug-likeness (QED) is 0.889. The number of pyridine rings is 1. The summed E-state index contributed by atoms with van der Waals surface area (Å²) in [5, 5.41) is 9.30. The number of phenols is 1. The summed E-state index contributed by atoms with van der Waals surface area (Å²) in [5.74, 6) is -0.0862. The average molecular weight is 278 g/mol. The second-order valence-corrected chi connectivity index (χ2v) is 5.86. The van der Waals surface area contributed by atoms with Crippen molar-refractivity contribution in [1.82, 2.24) is 9.71 Å². The van der Waals surface area contributed by atoms with Crippen molar-refractivity contribution in [2.24, 2.45) is 0 Å². The van der Waals surface area contributed by atoms with E-state index < -0.39 is 10.0 Å². The van der Waals surface area contributed by atoms with Crippen LogP contribution in [-0.4, -0.2) is 18.5 Å². The van der Waals surface area contributed by atoms with E-state index in [0.29, 0.717) is 5.69 Å². The van der Waals surface area contributed by atoms with Crippen LogP contribution in [-0.2, 0) is 16.6 Å². The third-order valence-corrected chi connectivity index (χ3v) is 4.07. The van der Waals surface area contributed by atoms with Gasteiger partial charge in [0.15, 0.2) is 0 Å². The molecule has 1 aromatic carbocycles. The van der Waals surface area contributed by atoms with E-state index in [4.69, 9.17) is 0 Å². The van der Waals surface area contributed by atoms with Gasteiger partial charge < -0.3 is 5.11 Å². The summed E-state index contributed by atoms with van der Waals surface area (Å²) in [6.45, 7) is 1.98. The predicted octanol–water partition coefficient (Wildman–Crippen LogP) is 1.57. The maximum Gasteiger partial charge on any atom is 0.241 e. The Morgan fingerprint density at radius 1 is 1.26 bits per heavy atom. The average Bonchev–Trinajstić information content (AvgIpc) is 2.38. The van der Waals surface area contributed by atoms with Gasteiger partial charge >= 0.3 is 0 Å². The zero-order chi connectivity index (χ0) is 13.9. The molecule has 1 heterocycles. The number of nitrogens with zero attached hydrogens (tertiary/aromatic N) is 1. The van der Waals surface area contributed by atoms with Crippen molar-refractivity contribution in [2.45, 2.75) is 18.4 Å². The van der Waals surface area contributed by atoms with Crippen LogP contribution >= 0.6 is 0 Å². The normalized spacial score (nSPS) is 11.4. The molecule has 0 radical (unpaired) electrons. The molecule has 6 heteroatoms. The number of hydrogen-bond donors (Lipinski definition) is 2. The van der Waals surface area contributed by atoms with Crippen LogP contribution in [0.2, 0.25) is 0 Å². The predicted molar refractivity (Wildman–Crippen MR) is 71.1 cm³/mol. The maximum absolute atomic E-state index is 12.0. The van der Waals surface area contributed by atoms with E-state index in [1.807, 2.05) is 13.0 Å². The Labute approximate surface area is 112 Å². The first-order valence-electron chi connectivity index (χ1n) is 5.68. The van der Waals surface area contributed by atoms with E-state index in [9.17, 15) is 13.5 Å². The molecule has 0 saturated heterocycles. The van der Waals surface area contributed by atoms with Gasteiger partial charge in [-0.25, -0.2) is 13.1 Å². The van der Waals surface area contributed by atoms with Gasteiger partial charge in [0.1, 0.15) is 5.75 Å². The Balaban J connectivity index is 2.17. The summed E-state index contributed by atoms with van der Waals surface area (Å²) < 4.78 is 26.5. The molecule has 5 nitrogen and oxygen atoms in total. The van der Waals surface area contributed by atoms with E-state index in [0.717, 1.165) is 5.56 Å². The monoisotopic (exact) mass is 278 g/mol. The first kappa shape index (κ1) is 13.5. The fourth-order valence-corrected chi connectivity index (χ4v) is 2.63. The van der Waals surface area contributed by atoms with Gasteiger partial charge in [-0.15, -0.1) is 0 Å². The highest BCUT2D eigenvalue weighted by Gasteiger charge is 2.14. The molecule has 0 fully saturated rings. The molecule has 2 N–H and O–H groups in total. The summed E-state index contributed by atoms with van der Waals surface area (Å²) >= 11 is 0. The second-order valence-electron chi connectivity index (χ2n) is 4.09. The summed E-state index contributed by atoms with van der Waals surface area (Å²) in [4.78, 5) is 4.15. The van der Waals surface area contributed by atoms with Gasteiger partial charge in [0.2, 0.25) is 10.0 Å². The van der Waals surface area contributed by atoms with Crippen LogP contribution in [0.25, 0.3) is 0 Å². The molecule has 0 atom stereocenters. The van der Waals surface area contributed by atoms with Crippen molar-refractivity contribution >= 4 is 10.0 Å². The molecule has 0 aliphatic rings. The van der Waals surface area contributed by atoms with Crippen LogP contribution in [0, 0.1) is 6.92 Å². The third kappa shape index (κ3) is 3.30. The maximum atomic E-state index is 12.0. The fraction of sp³-hybridized carbons (Fsp3) is 0.154. The zero-order valence-corrected chi connectivity index (χ0v) is 11.2. The lowest BCUT2D eigenvalue weighted by Gasteiger charge is -2.08. The number of sulfonamides is 1. The Hall–Kier alpha value is -1.92. The number of phenolic OH excluding ortho intramolecular Hbond substituents is 1. The largest absolute Gasteiger partial charge is 0.508 e. The lowest BCUT2D eigenvalue weighted by atomic mass is 10.2. The van der Waals surface area contributed by atoms with E-state index >= 15 is 0 Å². The van der Waals surface area contributed by atoms with Gasteiger partial charge in [-0.3, -0.25) is 4.98 Å². The van der Waals surface area contributed by atoms with Crippen molar-refractivity contribution in [3.8, 4) is 5.75 Å². The summed E-state index contributed by atoms with van der Waals surface area (Å²) in [5.41, 5.74) is 1.59. The van der Waals surface area contributed by atoms with Gasteiger partial charge in [0.25, 0.3) is 0 Å². The molecule has 0 spiro atoms. The molecular weight excluding hydrogens is 264 g/mol. The standard InChI is InChI=1S/C13H14N2O3S/c1-10-4-3-7-14-13(10)9-15-19(17,18)12-6-2-5-11(16)8-12/h2-8,15-16H,9H2,1H3. The van der Waals surface area contributed by atoms with E-state index in [-0.39, 0.29) is 17.2 Å². The molecule has 1 aromatic heterocycles. The smallest absolute Gasteiger partial charge is 0.241 e. The lowest BCUT2D eigenvalue weighted by molar-refractivity contribution is 0.473. The molecular formula is C13H14N2O3S. The first-order valence-corrected chi connectivity index (χ1v) is 7.16. The number of hydrogen-bond acceptors (Lipinski definition) is 4. The fourth-order valence-electron chi connectivity index (χ4n) is 1.60. The molecule has 2 rings (SSSR count). The van der Waals surface area contributed by atoms with Crippen molar-refractivity contribution in [3.05, 3.63) is 53.9 Å². The highest BCUT2D eigenvalue weighted by atomic mass is 32.2. The van der Waals surface area contributed by atoms with Crippen molar-refractivity contribution in [3.63, 3.8) is 0 Å². The zero-order valence-electron chi connectivity index (χ0n) is 10.4. The molecule has 0 unspecified atom stereocenters. The Kier molecular flexibility index (Phi) is 3.82. The third-order valence-electron chi connectivity index (χ3n) is 2.68. The Morgan fingerprint density at radius 3 is 2.74 bits per heavy atom. The second kappa shape index (κ2) is 5.38.